The van der Waals surface area contributed by atoms with Gasteiger partial charge in [0.1, 0.15) is 11.4 Å². The number of aromatic nitrogens is 2. The summed E-state index contributed by atoms with van der Waals surface area (Å²) in [7, 11) is 1.59. The van der Waals surface area contributed by atoms with E-state index >= 15 is 0 Å². The molecule has 1 heterocycles. The van der Waals surface area contributed by atoms with E-state index in [-0.39, 0.29) is 5.56 Å². The molecule has 1 aromatic carbocycles. The van der Waals surface area contributed by atoms with E-state index in [0.717, 1.165) is 10.2 Å². The lowest BCUT2D eigenvalue weighted by Gasteiger charge is -2.08. The highest BCUT2D eigenvalue weighted by molar-refractivity contribution is 9.10. The fourth-order valence-electron chi connectivity index (χ4n) is 1.33. The molecule has 0 spiro atoms. The van der Waals surface area contributed by atoms with Crippen molar-refractivity contribution in [2.75, 3.05) is 7.11 Å². The monoisotopic (exact) mass is 268 g/mol. The van der Waals surface area contributed by atoms with Crippen molar-refractivity contribution in [1.29, 1.82) is 0 Å². The summed E-state index contributed by atoms with van der Waals surface area (Å²) in [5, 5.41) is 2.65. The van der Waals surface area contributed by atoms with E-state index in [2.05, 4.69) is 21.0 Å². The number of nitrogens with one attached hydrogen (secondary N) is 1. The Hall–Kier alpha value is -1.49. The molecule has 15 heavy (non-hydrogen) atoms. The van der Waals surface area contributed by atoms with Gasteiger partial charge in [0.2, 0.25) is 0 Å². The van der Waals surface area contributed by atoms with Gasteiger partial charge in [-0.1, -0.05) is 15.9 Å². The van der Waals surface area contributed by atoms with E-state index in [1.54, 1.807) is 18.0 Å². The lowest BCUT2D eigenvalue weighted by atomic mass is 10.3. The third-order valence-electron chi connectivity index (χ3n) is 2.01. The molecule has 1 N–H and O–H groups in total. The molecule has 2 aromatic rings. The molecule has 5 heteroatoms. The molecule has 0 radical (unpaired) electrons. The molecular weight excluding hydrogens is 260 g/mol. The molecule has 78 valence electrons. The van der Waals surface area contributed by atoms with Crippen molar-refractivity contribution in [2.45, 2.75) is 0 Å². The third kappa shape index (κ3) is 1.97. The lowest BCUT2D eigenvalue weighted by molar-refractivity contribution is 0.411. The highest BCUT2D eigenvalue weighted by Crippen LogP contribution is 2.25. The fourth-order valence-corrected chi connectivity index (χ4v) is 1.67. The van der Waals surface area contributed by atoms with Gasteiger partial charge in [-0.15, -0.1) is 0 Å². The molecule has 0 aliphatic rings. The number of nitrogens with zero attached hydrogens (tertiary/aromatic N) is 1. The number of halogens is 1. The first-order valence-electron chi connectivity index (χ1n) is 4.32. The normalized spacial score (nSPS) is 10.3. The zero-order chi connectivity index (χ0) is 10.8. The van der Waals surface area contributed by atoms with Crippen LogP contribution < -0.4 is 10.3 Å². The minimum absolute atomic E-state index is 0.139. The van der Waals surface area contributed by atoms with Gasteiger partial charge in [0, 0.05) is 16.7 Å². The molecule has 0 unspecified atom stereocenters. The van der Waals surface area contributed by atoms with Crippen LogP contribution in [-0.4, -0.2) is 16.9 Å². The molecule has 1 aromatic heterocycles. The zero-order valence-corrected chi connectivity index (χ0v) is 9.61. The summed E-state index contributed by atoms with van der Waals surface area (Å²) in [6.45, 7) is 0. The van der Waals surface area contributed by atoms with Crippen molar-refractivity contribution in [2.24, 2.45) is 0 Å². The zero-order valence-electron chi connectivity index (χ0n) is 8.03. The van der Waals surface area contributed by atoms with E-state index in [1.165, 1.54) is 6.07 Å². The molecule has 2 rings (SSSR count). The van der Waals surface area contributed by atoms with Crippen LogP contribution in [0.2, 0.25) is 0 Å². The van der Waals surface area contributed by atoms with Gasteiger partial charge in [0.05, 0.1) is 7.11 Å². The van der Waals surface area contributed by atoms with Crippen LogP contribution in [0.3, 0.4) is 0 Å². The number of methoxy groups -OCH3 is 1. The highest BCUT2D eigenvalue weighted by Gasteiger charge is 2.05. The Morgan fingerprint density at radius 1 is 1.40 bits per heavy atom. The van der Waals surface area contributed by atoms with Crippen LogP contribution in [0, 0.1) is 0 Å². The fraction of sp³-hybridized carbons (Fsp3) is 0.100. The lowest BCUT2D eigenvalue weighted by Crippen LogP contribution is -2.04. The molecule has 0 saturated carbocycles. The highest BCUT2D eigenvalue weighted by atomic mass is 79.9. The van der Waals surface area contributed by atoms with Gasteiger partial charge in [-0.05, 0) is 18.2 Å². The van der Waals surface area contributed by atoms with E-state index in [4.69, 9.17) is 4.74 Å². The average Bonchev–Trinajstić information content (AvgIpc) is 2.64. The summed E-state index contributed by atoms with van der Waals surface area (Å²) in [6.07, 6.45) is 1.66. The van der Waals surface area contributed by atoms with E-state index in [9.17, 15) is 4.79 Å². The maximum Gasteiger partial charge on any atom is 0.264 e. The molecule has 0 aliphatic carbocycles. The standard InChI is InChI=1S/C10H9BrN2O2/c1-15-9-6-7(11)2-3-8(9)13-5-4-10(14)12-13/h2-6H,1H3,(H,12,14). The van der Waals surface area contributed by atoms with Crippen molar-refractivity contribution in [1.82, 2.24) is 9.78 Å². The van der Waals surface area contributed by atoms with Gasteiger partial charge in [-0.3, -0.25) is 14.6 Å². The summed E-state index contributed by atoms with van der Waals surface area (Å²) >= 11 is 3.35. The van der Waals surface area contributed by atoms with Gasteiger partial charge in [0.15, 0.2) is 0 Å². The number of ether oxygens (including phenoxy) is 1. The Labute approximate surface area is 94.6 Å². The molecule has 0 amide bonds. The summed E-state index contributed by atoms with van der Waals surface area (Å²) in [5.41, 5.74) is 0.655. The second kappa shape index (κ2) is 3.94. The van der Waals surface area contributed by atoms with Crippen molar-refractivity contribution in [3.63, 3.8) is 0 Å². The summed E-state index contributed by atoms with van der Waals surface area (Å²) < 4.78 is 7.76. The van der Waals surface area contributed by atoms with Crippen molar-refractivity contribution >= 4 is 15.9 Å². The summed E-state index contributed by atoms with van der Waals surface area (Å²) in [5.74, 6) is 0.691. The number of hydrogen-bond acceptors (Lipinski definition) is 2. The van der Waals surface area contributed by atoms with Crippen LogP contribution in [0.15, 0.2) is 39.7 Å². The molecule has 0 bridgehead atoms. The van der Waals surface area contributed by atoms with Crippen molar-refractivity contribution in [3.05, 3.63) is 45.3 Å². The predicted molar refractivity (Wildman–Crippen MR) is 60.6 cm³/mol. The third-order valence-corrected chi connectivity index (χ3v) is 2.50. The minimum Gasteiger partial charge on any atom is -0.494 e. The van der Waals surface area contributed by atoms with Gasteiger partial charge in [-0.25, -0.2) is 0 Å². The number of H-pyrrole nitrogens is 1. The molecule has 0 saturated heterocycles. The van der Waals surface area contributed by atoms with Crippen LogP contribution in [0.4, 0.5) is 0 Å². The number of rotatable bonds is 2. The van der Waals surface area contributed by atoms with Crippen molar-refractivity contribution < 1.29 is 4.74 Å². The van der Waals surface area contributed by atoms with Crippen LogP contribution in [0.1, 0.15) is 0 Å². The second-order valence-corrected chi connectivity index (χ2v) is 3.89. The van der Waals surface area contributed by atoms with Crippen molar-refractivity contribution in [3.8, 4) is 11.4 Å². The number of aromatic amines is 1. The van der Waals surface area contributed by atoms with E-state index < -0.39 is 0 Å². The van der Waals surface area contributed by atoms with Gasteiger partial charge < -0.3 is 4.74 Å². The van der Waals surface area contributed by atoms with Crippen LogP contribution in [0.25, 0.3) is 5.69 Å². The molecular formula is C10H9BrN2O2. The first kappa shape index (κ1) is 10.0. The summed E-state index contributed by atoms with van der Waals surface area (Å²) in [6, 6.07) is 7.05. The Balaban J connectivity index is 2.57. The minimum atomic E-state index is -0.139. The molecule has 0 atom stereocenters. The SMILES string of the molecule is COc1cc(Br)ccc1-n1ccc(=O)[nH]1. The second-order valence-electron chi connectivity index (χ2n) is 2.98. The Morgan fingerprint density at radius 2 is 2.20 bits per heavy atom. The molecule has 0 fully saturated rings. The maximum atomic E-state index is 11.0. The smallest absolute Gasteiger partial charge is 0.264 e. The first-order valence-corrected chi connectivity index (χ1v) is 5.11. The summed E-state index contributed by atoms with van der Waals surface area (Å²) in [4.78, 5) is 11.0. The maximum absolute atomic E-state index is 11.0. The topological polar surface area (TPSA) is 47.0 Å². The Bertz CT molecular complexity index is 530. The van der Waals surface area contributed by atoms with Crippen LogP contribution in [0.5, 0.6) is 5.75 Å². The van der Waals surface area contributed by atoms with Crippen LogP contribution in [-0.2, 0) is 0 Å². The Morgan fingerprint density at radius 3 is 2.80 bits per heavy atom. The van der Waals surface area contributed by atoms with Crippen LogP contribution >= 0.6 is 15.9 Å². The largest absolute Gasteiger partial charge is 0.494 e. The van der Waals surface area contributed by atoms with Gasteiger partial charge in [0.25, 0.3) is 5.56 Å². The predicted octanol–water partition coefficient (Wildman–Crippen LogP) is 1.94. The quantitative estimate of drug-likeness (QED) is 0.905. The molecule has 0 aliphatic heterocycles. The van der Waals surface area contributed by atoms with E-state index in [0.29, 0.717) is 5.75 Å². The molecule has 4 nitrogen and oxygen atoms in total. The van der Waals surface area contributed by atoms with Gasteiger partial charge >= 0.3 is 0 Å². The average molecular weight is 269 g/mol. The Kier molecular flexibility index (Phi) is 2.64. The van der Waals surface area contributed by atoms with Gasteiger partial charge in [-0.2, -0.15) is 0 Å². The first-order chi connectivity index (χ1) is 7.20. The van der Waals surface area contributed by atoms with E-state index in [1.807, 2.05) is 18.2 Å². The number of benzene rings is 1. The number of hydrogen-bond donors (Lipinski definition) is 1.